The molecule has 1 aromatic carbocycles. The number of aromatic nitrogens is 1. The third-order valence-electron chi connectivity index (χ3n) is 4.56. The summed E-state index contributed by atoms with van der Waals surface area (Å²) in [6.07, 6.45) is 4.00. The van der Waals surface area contributed by atoms with E-state index in [4.69, 9.17) is 14.5 Å². The number of aliphatic imine (C=N–C) groups is 1. The molecule has 0 radical (unpaired) electrons. The highest BCUT2D eigenvalue weighted by Crippen LogP contribution is 2.28. The van der Waals surface area contributed by atoms with Gasteiger partial charge in [-0.2, -0.15) is 0 Å². The Labute approximate surface area is 169 Å². The number of methoxy groups -OCH3 is 1. The van der Waals surface area contributed by atoms with Crippen molar-refractivity contribution < 1.29 is 9.47 Å². The van der Waals surface area contributed by atoms with E-state index in [1.165, 1.54) is 11.3 Å². The van der Waals surface area contributed by atoms with E-state index in [0.717, 1.165) is 49.9 Å². The zero-order valence-electron chi connectivity index (χ0n) is 17.9. The number of aryl methyl sites for hydroxylation is 2. The van der Waals surface area contributed by atoms with Crippen LogP contribution in [0.25, 0.3) is 0 Å². The van der Waals surface area contributed by atoms with Crippen LogP contribution in [0.3, 0.4) is 0 Å². The molecule has 2 aromatic rings. The maximum atomic E-state index is 5.66. The summed E-state index contributed by atoms with van der Waals surface area (Å²) in [4.78, 5) is 6.96. The van der Waals surface area contributed by atoms with E-state index in [9.17, 15) is 0 Å². The molecule has 154 valence electrons. The molecule has 0 aliphatic heterocycles. The molecular weight excluding hydrogens is 352 g/mol. The van der Waals surface area contributed by atoms with Crippen molar-refractivity contribution in [1.82, 2.24) is 14.8 Å². The summed E-state index contributed by atoms with van der Waals surface area (Å²) in [6, 6.07) is 10.3. The Balaban J connectivity index is 1.93. The topological polar surface area (TPSA) is 51.0 Å². The third-order valence-corrected chi connectivity index (χ3v) is 4.56. The Morgan fingerprint density at radius 1 is 1.21 bits per heavy atom. The van der Waals surface area contributed by atoms with E-state index in [-0.39, 0.29) is 0 Å². The SMILES string of the molecule is CCNC(=NCCCc1ccc(OC)c(OCC)c1)N(C)Cc1cccn1C. The summed E-state index contributed by atoms with van der Waals surface area (Å²) < 4.78 is 13.2. The van der Waals surface area contributed by atoms with Gasteiger partial charge in [-0.15, -0.1) is 0 Å². The predicted octanol–water partition coefficient (Wildman–Crippen LogP) is 3.46. The first-order chi connectivity index (χ1) is 13.6. The second kappa shape index (κ2) is 11.3. The molecule has 0 amide bonds. The standard InChI is InChI=1S/C22H34N4O2/c1-6-23-22(26(4)17-19-11-9-15-25(19)3)24-14-8-10-18-12-13-20(27-5)21(16-18)28-7-2/h9,11-13,15-16H,6-8,10,14,17H2,1-5H3,(H,23,24). The maximum Gasteiger partial charge on any atom is 0.194 e. The van der Waals surface area contributed by atoms with Crippen LogP contribution in [-0.4, -0.2) is 49.3 Å². The minimum absolute atomic E-state index is 0.629. The highest BCUT2D eigenvalue weighted by atomic mass is 16.5. The molecule has 1 N–H and O–H groups in total. The Hall–Kier alpha value is -2.63. The molecule has 1 heterocycles. The van der Waals surface area contributed by atoms with Crippen molar-refractivity contribution >= 4 is 5.96 Å². The van der Waals surface area contributed by atoms with Gasteiger partial charge in [-0.3, -0.25) is 4.99 Å². The van der Waals surface area contributed by atoms with Crippen LogP contribution in [0.5, 0.6) is 11.5 Å². The number of guanidine groups is 1. The molecular formula is C22H34N4O2. The van der Waals surface area contributed by atoms with Gasteiger partial charge in [0.25, 0.3) is 0 Å². The average molecular weight is 387 g/mol. The fraction of sp³-hybridized carbons (Fsp3) is 0.500. The molecule has 1 aromatic heterocycles. The molecule has 0 fully saturated rings. The lowest BCUT2D eigenvalue weighted by atomic mass is 10.1. The first-order valence-electron chi connectivity index (χ1n) is 9.98. The number of ether oxygens (including phenoxy) is 2. The largest absolute Gasteiger partial charge is 0.493 e. The van der Waals surface area contributed by atoms with Crippen molar-refractivity contribution in [3.8, 4) is 11.5 Å². The van der Waals surface area contributed by atoms with Gasteiger partial charge in [0.05, 0.1) is 20.3 Å². The van der Waals surface area contributed by atoms with Crippen LogP contribution < -0.4 is 14.8 Å². The minimum Gasteiger partial charge on any atom is -0.493 e. The van der Waals surface area contributed by atoms with Gasteiger partial charge in [0, 0.05) is 39.1 Å². The van der Waals surface area contributed by atoms with Crippen molar-refractivity contribution in [2.45, 2.75) is 33.2 Å². The summed E-state index contributed by atoms with van der Waals surface area (Å²) in [6.45, 7) is 7.16. The van der Waals surface area contributed by atoms with Crippen molar-refractivity contribution in [3.05, 3.63) is 47.8 Å². The monoisotopic (exact) mass is 386 g/mol. The molecule has 6 nitrogen and oxygen atoms in total. The normalized spacial score (nSPS) is 11.4. The minimum atomic E-state index is 0.629. The predicted molar refractivity (Wildman–Crippen MR) is 115 cm³/mol. The fourth-order valence-electron chi connectivity index (χ4n) is 3.06. The lowest BCUT2D eigenvalue weighted by molar-refractivity contribution is 0.310. The Morgan fingerprint density at radius 3 is 2.68 bits per heavy atom. The van der Waals surface area contributed by atoms with E-state index in [2.05, 4.69) is 66.3 Å². The molecule has 0 spiro atoms. The maximum absolute atomic E-state index is 5.66. The lowest BCUT2D eigenvalue weighted by Gasteiger charge is -2.22. The Morgan fingerprint density at radius 2 is 2.04 bits per heavy atom. The van der Waals surface area contributed by atoms with Crippen molar-refractivity contribution in [3.63, 3.8) is 0 Å². The van der Waals surface area contributed by atoms with E-state index in [1.807, 2.05) is 13.0 Å². The van der Waals surface area contributed by atoms with E-state index in [0.29, 0.717) is 6.61 Å². The summed E-state index contributed by atoms with van der Waals surface area (Å²) in [5.41, 5.74) is 2.50. The molecule has 0 aliphatic rings. The number of benzene rings is 1. The molecule has 0 saturated carbocycles. The molecule has 0 bridgehead atoms. The molecule has 0 aliphatic carbocycles. The van der Waals surface area contributed by atoms with Crippen LogP contribution in [0, 0.1) is 0 Å². The van der Waals surface area contributed by atoms with Crippen LogP contribution in [0.4, 0.5) is 0 Å². The quantitative estimate of drug-likeness (QED) is 0.386. The van der Waals surface area contributed by atoms with Crippen LogP contribution >= 0.6 is 0 Å². The number of nitrogens with one attached hydrogen (secondary N) is 1. The van der Waals surface area contributed by atoms with Gasteiger partial charge in [-0.1, -0.05) is 6.07 Å². The van der Waals surface area contributed by atoms with Crippen molar-refractivity contribution in [1.29, 1.82) is 0 Å². The number of rotatable bonds is 10. The van der Waals surface area contributed by atoms with Crippen LogP contribution in [0.2, 0.25) is 0 Å². The number of hydrogen-bond acceptors (Lipinski definition) is 3. The van der Waals surface area contributed by atoms with Gasteiger partial charge in [-0.25, -0.2) is 0 Å². The summed E-state index contributed by atoms with van der Waals surface area (Å²) >= 11 is 0. The summed E-state index contributed by atoms with van der Waals surface area (Å²) in [7, 11) is 5.81. The van der Waals surface area contributed by atoms with Gasteiger partial charge in [0.2, 0.25) is 0 Å². The second-order valence-corrected chi connectivity index (χ2v) is 6.72. The number of nitrogens with zero attached hydrogens (tertiary/aromatic N) is 3. The molecule has 2 rings (SSSR count). The van der Waals surface area contributed by atoms with Crippen LogP contribution in [0.1, 0.15) is 31.5 Å². The molecule has 0 unspecified atom stereocenters. The zero-order valence-corrected chi connectivity index (χ0v) is 17.9. The highest BCUT2D eigenvalue weighted by Gasteiger charge is 2.09. The fourth-order valence-corrected chi connectivity index (χ4v) is 3.06. The van der Waals surface area contributed by atoms with E-state index in [1.54, 1.807) is 7.11 Å². The van der Waals surface area contributed by atoms with Crippen LogP contribution in [-0.2, 0) is 20.0 Å². The smallest absolute Gasteiger partial charge is 0.194 e. The van der Waals surface area contributed by atoms with E-state index < -0.39 is 0 Å². The molecule has 0 saturated heterocycles. The van der Waals surface area contributed by atoms with Crippen molar-refractivity contribution in [2.24, 2.45) is 12.0 Å². The first kappa shape index (κ1) is 21.7. The van der Waals surface area contributed by atoms with Crippen LogP contribution in [0.15, 0.2) is 41.5 Å². The van der Waals surface area contributed by atoms with Gasteiger partial charge < -0.3 is 24.3 Å². The molecule has 0 atom stereocenters. The Bertz CT molecular complexity index is 755. The van der Waals surface area contributed by atoms with E-state index >= 15 is 0 Å². The lowest BCUT2D eigenvalue weighted by Crippen LogP contribution is -2.38. The third kappa shape index (κ3) is 6.22. The van der Waals surface area contributed by atoms with Gasteiger partial charge >= 0.3 is 0 Å². The Kier molecular flexibility index (Phi) is 8.72. The second-order valence-electron chi connectivity index (χ2n) is 6.72. The molecule has 28 heavy (non-hydrogen) atoms. The van der Waals surface area contributed by atoms with Gasteiger partial charge in [-0.05, 0) is 56.5 Å². The highest BCUT2D eigenvalue weighted by molar-refractivity contribution is 5.79. The average Bonchev–Trinajstić information content (AvgIpc) is 3.09. The van der Waals surface area contributed by atoms with Gasteiger partial charge in [0.1, 0.15) is 0 Å². The summed E-state index contributed by atoms with van der Waals surface area (Å²) in [5, 5.41) is 3.38. The molecule has 6 heteroatoms. The summed E-state index contributed by atoms with van der Waals surface area (Å²) in [5.74, 6) is 2.52. The van der Waals surface area contributed by atoms with Crippen molar-refractivity contribution in [2.75, 3.05) is 33.9 Å². The number of hydrogen-bond donors (Lipinski definition) is 1. The first-order valence-corrected chi connectivity index (χ1v) is 9.98. The zero-order chi connectivity index (χ0) is 20.4. The van der Waals surface area contributed by atoms with Gasteiger partial charge in [0.15, 0.2) is 17.5 Å².